The second-order valence-electron chi connectivity index (χ2n) is 3.43. The summed E-state index contributed by atoms with van der Waals surface area (Å²) in [4.78, 5) is 5.63. The number of aryl methyl sites for hydroxylation is 2. The van der Waals surface area contributed by atoms with Gasteiger partial charge in [-0.15, -0.1) is 11.3 Å². The molecule has 0 spiro atoms. The molecule has 0 atom stereocenters. The summed E-state index contributed by atoms with van der Waals surface area (Å²) in [7, 11) is 0. The van der Waals surface area contributed by atoms with Gasteiger partial charge >= 0.3 is 0 Å². The zero-order valence-electron chi connectivity index (χ0n) is 8.91. The summed E-state index contributed by atoms with van der Waals surface area (Å²) in [6, 6.07) is 4.17. The van der Waals surface area contributed by atoms with Gasteiger partial charge in [-0.1, -0.05) is 6.07 Å². The Morgan fingerprint density at radius 1 is 1.40 bits per heavy atom. The van der Waals surface area contributed by atoms with Crippen molar-refractivity contribution in [2.45, 2.75) is 26.9 Å². The molecule has 2 rings (SSSR count). The third kappa shape index (κ3) is 2.67. The Hall–Kier alpha value is -1.13. The van der Waals surface area contributed by atoms with Crippen LogP contribution in [0.5, 0.6) is 0 Å². The van der Waals surface area contributed by atoms with Crippen molar-refractivity contribution < 1.29 is 4.42 Å². The van der Waals surface area contributed by atoms with Crippen LogP contribution < -0.4 is 5.32 Å². The zero-order valence-corrected chi connectivity index (χ0v) is 9.73. The topological polar surface area (TPSA) is 38.1 Å². The first-order valence-corrected chi connectivity index (χ1v) is 5.79. The minimum Gasteiger partial charge on any atom is -0.444 e. The van der Waals surface area contributed by atoms with Crippen molar-refractivity contribution in [3.8, 4) is 0 Å². The highest BCUT2D eigenvalue weighted by Crippen LogP contribution is 2.10. The molecule has 0 aromatic carbocycles. The van der Waals surface area contributed by atoms with Crippen molar-refractivity contribution in [1.29, 1.82) is 0 Å². The summed E-state index contributed by atoms with van der Waals surface area (Å²) in [5.41, 5.74) is 0.975. The zero-order chi connectivity index (χ0) is 10.7. The van der Waals surface area contributed by atoms with Crippen LogP contribution in [0.1, 0.15) is 22.2 Å². The van der Waals surface area contributed by atoms with E-state index in [1.165, 1.54) is 4.88 Å². The summed E-state index contributed by atoms with van der Waals surface area (Å²) in [6.45, 7) is 5.46. The van der Waals surface area contributed by atoms with Crippen molar-refractivity contribution in [3.63, 3.8) is 0 Å². The van der Waals surface area contributed by atoms with E-state index in [0.29, 0.717) is 6.54 Å². The fourth-order valence-electron chi connectivity index (χ4n) is 1.32. The molecule has 80 valence electrons. The van der Waals surface area contributed by atoms with Crippen LogP contribution in [0, 0.1) is 13.8 Å². The standard InChI is InChI=1S/C11H14N2OS/c1-8-9(2)14-11(13-8)7-12-6-10-4-3-5-15-10/h3-5,12H,6-7H2,1-2H3. The third-order valence-electron chi connectivity index (χ3n) is 2.23. The van der Waals surface area contributed by atoms with E-state index in [1.54, 1.807) is 11.3 Å². The number of nitrogens with zero attached hydrogens (tertiary/aromatic N) is 1. The van der Waals surface area contributed by atoms with Crippen LogP contribution in [0.3, 0.4) is 0 Å². The SMILES string of the molecule is Cc1nc(CNCc2cccs2)oc1C. The average Bonchev–Trinajstić information content (AvgIpc) is 2.79. The van der Waals surface area contributed by atoms with Gasteiger partial charge in [0.25, 0.3) is 0 Å². The maximum Gasteiger partial charge on any atom is 0.208 e. The van der Waals surface area contributed by atoms with Gasteiger partial charge in [0.05, 0.1) is 12.2 Å². The first kappa shape index (κ1) is 10.4. The third-order valence-corrected chi connectivity index (χ3v) is 3.10. The molecule has 0 unspecified atom stereocenters. The molecule has 0 saturated heterocycles. The van der Waals surface area contributed by atoms with E-state index in [9.17, 15) is 0 Å². The molecule has 0 bridgehead atoms. The van der Waals surface area contributed by atoms with Crippen molar-refractivity contribution >= 4 is 11.3 Å². The van der Waals surface area contributed by atoms with Crippen LogP contribution in [-0.4, -0.2) is 4.98 Å². The van der Waals surface area contributed by atoms with E-state index in [1.807, 2.05) is 13.8 Å². The fourth-order valence-corrected chi connectivity index (χ4v) is 2.00. The Labute approximate surface area is 93.2 Å². The highest BCUT2D eigenvalue weighted by atomic mass is 32.1. The number of rotatable bonds is 4. The predicted octanol–water partition coefficient (Wildman–Crippen LogP) is 2.64. The minimum atomic E-state index is 0.687. The molecule has 4 heteroatoms. The van der Waals surface area contributed by atoms with Crippen LogP contribution in [0.15, 0.2) is 21.9 Å². The Morgan fingerprint density at radius 2 is 2.27 bits per heavy atom. The monoisotopic (exact) mass is 222 g/mol. The summed E-state index contributed by atoms with van der Waals surface area (Å²) in [5, 5.41) is 5.38. The highest BCUT2D eigenvalue weighted by Gasteiger charge is 2.04. The summed E-state index contributed by atoms with van der Waals surface area (Å²) >= 11 is 1.75. The van der Waals surface area contributed by atoms with Crippen LogP contribution >= 0.6 is 11.3 Å². The van der Waals surface area contributed by atoms with E-state index in [-0.39, 0.29) is 0 Å². The second-order valence-corrected chi connectivity index (χ2v) is 4.46. The van der Waals surface area contributed by atoms with Crippen LogP contribution in [0.25, 0.3) is 0 Å². The summed E-state index contributed by atoms with van der Waals surface area (Å²) in [6.07, 6.45) is 0. The number of hydrogen-bond acceptors (Lipinski definition) is 4. The molecule has 0 amide bonds. The van der Waals surface area contributed by atoms with Gasteiger partial charge in [0.2, 0.25) is 5.89 Å². The van der Waals surface area contributed by atoms with Gasteiger partial charge in [0.1, 0.15) is 5.76 Å². The van der Waals surface area contributed by atoms with E-state index < -0.39 is 0 Å². The summed E-state index contributed by atoms with van der Waals surface area (Å²) in [5.74, 6) is 1.67. The Bertz CT molecular complexity index is 400. The number of nitrogens with one attached hydrogen (secondary N) is 1. The van der Waals surface area contributed by atoms with Gasteiger partial charge in [-0.25, -0.2) is 4.98 Å². The molecule has 15 heavy (non-hydrogen) atoms. The molecule has 0 aliphatic carbocycles. The molecule has 2 heterocycles. The van der Waals surface area contributed by atoms with Gasteiger partial charge < -0.3 is 9.73 Å². The van der Waals surface area contributed by atoms with E-state index >= 15 is 0 Å². The molecule has 2 aromatic heterocycles. The number of hydrogen-bond donors (Lipinski definition) is 1. The first-order valence-electron chi connectivity index (χ1n) is 4.91. The van der Waals surface area contributed by atoms with Crippen LogP contribution in [-0.2, 0) is 13.1 Å². The number of oxazole rings is 1. The predicted molar refractivity (Wildman–Crippen MR) is 60.8 cm³/mol. The summed E-state index contributed by atoms with van der Waals surface area (Å²) < 4.78 is 5.46. The molecular weight excluding hydrogens is 208 g/mol. The molecule has 0 aliphatic heterocycles. The molecule has 0 saturated carbocycles. The first-order chi connectivity index (χ1) is 7.25. The van der Waals surface area contributed by atoms with Crippen molar-refractivity contribution in [3.05, 3.63) is 39.7 Å². The van der Waals surface area contributed by atoms with Gasteiger partial charge in [0.15, 0.2) is 0 Å². The van der Waals surface area contributed by atoms with E-state index in [0.717, 1.165) is 23.9 Å². The Balaban J connectivity index is 1.83. The van der Waals surface area contributed by atoms with E-state index in [2.05, 4.69) is 27.8 Å². The molecule has 0 aliphatic rings. The Kier molecular flexibility index (Phi) is 3.18. The lowest BCUT2D eigenvalue weighted by molar-refractivity contribution is 0.449. The molecule has 0 fully saturated rings. The van der Waals surface area contributed by atoms with Crippen molar-refractivity contribution in [2.24, 2.45) is 0 Å². The van der Waals surface area contributed by atoms with Gasteiger partial charge in [-0.2, -0.15) is 0 Å². The van der Waals surface area contributed by atoms with Crippen LogP contribution in [0.2, 0.25) is 0 Å². The molecule has 1 N–H and O–H groups in total. The molecule has 0 radical (unpaired) electrons. The second kappa shape index (κ2) is 4.59. The van der Waals surface area contributed by atoms with Gasteiger partial charge in [-0.05, 0) is 25.3 Å². The maximum absolute atomic E-state index is 5.46. The largest absolute Gasteiger partial charge is 0.444 e. The van der Waals surface area contributed by atoms with Crippen molar-refractivity contribution in [1.82, 2.24) is 10.3 Å². The highest BCUT2D eigenvalue weighted by molar-refractivity contribution is 7.09. The molecule has 3 nitrogen and oxygen atoms in total. The molecular formula is C11H14N2OS. The lowest BCUT2D eigenvalue weighted by Crippen LogP contribution is -2.11. The molecule has 2 aromatic rings. The maximum atomic E-state index is 5.46. The van der Waals surface area contributed by atoms with Gasteiger partial charge in [0, 0.05) is 11.4 Å². The van der Waals surface area contributed by atoms with Crippen LogP contribution in [0.4, 0.5) is 0 Å². The Morgan fingerprint density at radius 3 is 2.87 bits per heavy atom. The van der Waals surface area contributed by atoms with Crippen molar-refractivity contribution in [2.75, 3.05) is 0 Å². The lowest BCUT2D eigenvalue weighted by atomic mass is 10.4. The average molecular weight is 222 g/mol. The van der Waals surface area contributed by atoms with Gasteiger partial charge in [-0.3, -0.25) is 0 Å². The lowest BCUT2D eigenvalue weighted by Gasteiger charge is -1.98. The fraction of sp³-hybridized carbons (Fsp3) is 0.364. The quantitative estimate of drug-likeness (QED) is 0.864. The number of aromatic nitrogens is 1. The normalized spacial score (nSPS) is 10.8. The minimum absolute atomic E-state index is 0.687. The number of thiophene rings is 1. The van der Waals surface area contributed by atoms with E-state index in [4.69, 9.17) is 4.42 Å². The smallest absolute Gasteiger partial charge is 0.208 e.